The van der Waals surface area contributed by atoms with Crippen LogP contribution >= 0.6 is 24.0 Å². The van der Waals surface area contributed by atoms with Gasteiger partial charge in [-0.2, -0.15) is 0 Å². The molecule has 1 aromatic rings. The molecule has 0 aromatic carbocycles. The predicted octanol–water partition coefficient (Wildman–Crippen LogP) is 2.21. The zero-order valence-corrected chi connectivity index (χ0v) is 13.6. The molecule has 0 saturated heterocycles. The molecule has 0 aliphatic heterocycles. The zero-order chi connectivity index (χ0) is 12.5. The van der Waals surface area contributed by atoms with Crippen LogP contribution in [0.1, 0.15) is 26.5 Å². The second-order valence-corrected chi connectivity index (χ2v) is 4.13. The minimum absolute atomic E-state index is 0. The number of halogens is 1. The Kier molecular flexibility index (Phi) is 9.63. The summed E-state index contributed by atoms with van der Waals surface area (Å²) in [5.41, 5.74) is 1.08. The molecule has 0 spiro atoms. The van der Waals surface area contributed by atoms with Crippen molar-refractivity contribution < 1.29 is 0 Å². The molecule has 0 atom stereocenters. The van der Waals surface area contributed by atoms with Crippen molar-refractivity contribution in [2.45, 2.75) is 33.2 Å². The van der Waals surface area contributed by atoms with Gasteiger partial charge in [-0.15, -0.1) is 24.0 Å². The van der Waals surface area contributed by atoms with Gasteiger partial charge in [0, 0.05) is 37.4 Å². The van der Waals surface area contributed by atoms with Crippen LogP contribution in [0.15, 0.2) is 29.4 Å². The van der Waals surface area contributed by atoms with E-state index in [1.165, 1.54) is 0 Å². The summed E-state index contributed by atoms with van der Waals surface area (Å²) >= 11 is 0. The van der Waals surface area contributed by atoms with E-state index >= 15 is 0 Å². The molecule has 0 saturated carbocycles. The van der Waals surface area contributed by atoms with E-state index in [0.717, 1.165) is 31.2 Å². The molecule has 0 amide bonds. The molecule has 1 rings (SSSR count). The van der Waals surface area contributed by atoms with Gasteiger partial charge in [0.05, 0.1) is 0 Å². The van der Waals surface area contributed by atoms with Crippen LogP contribution in [0.3, 0.4) is 0 Å². The van der Waals surface area contributed by atoms with Gasteiger partial charge in [-0.05, 0) is 32.9 Å². The van der Waals surface area contributed by atoms with Crippen LogP contribution < -0.4 is 10.6 Å². The monoisotopic (exact) mass is 362 g/mol. The molecule has 2 N–H and O–H groups in total. The van der Waals surface area contributed by atoms with E-state index in [1.54, 1.807) is 0 Å². The Morgan fingerprint density at radius 2 is 2.17 bits per heavy atom. The van der Waals surface area contributed by atoms with Crippen LogP contribution in [0.4, 0.5) is 0 Å². The van der Waals surface area contributed by atoms with Crippen LogP contribution in [0.25, 0.3) is 0 Å². The van der Waals surface area contributed by atoms with Crippen molar-refractivity contribution in [2.24, 2.45) is 4.99 Å². The molecular weight excluding hydrogens is 339 g/mol. The first-order chi connectivity index (χ1) is 8.22. The van der Waals surface area contributed by atoms with Gasteiger partial charge >= 0.3 is 0 Å². The van der Waals surface area contributed by atoms with Crippen molar-refractivity contribution >= 4 is 29.9 Å². The van der Waals surface area contributed by atoms with Crippen molar-refractivity contribution in [3.8, 4) is 0 Å². The van der Waals surface area contributed by atoms with Gasteiger partial charge < -0.3 is 10.6 Å². The molecule has 0 aliphatic rings. The molecule has 0 radical (unpaired) electrons. The van der Waals surface area contributed by atoms with Crippen molar-refractivity contribution in [3.63, 3.8) is 0 Å². The van der Waals surface area contributed by atoms with Gasteiger partial charge in [0.1, 0.15) is 0 Å². The molecule has 102 valence electrons. The first-order valence-electron chi connectivity index (χ1n) is 6.17. The van der Waals surface area contributed by atoms with Crippen molar-refractivity contribution in [1.29, 1.82) is 0 Å². The second-order valence-electron chi connectivity index (χ2n) is 4.13. The lowest BCUT2D eigenvalue weighted by Gasteiger charge is -2.13. The maximum atomic E-state index is 4.50. The first-order valence-corrected chi connectivity index (χ1v) is 6.17. The summed E-state index contributed by atoms with van der Waals surface area (Å²) < 4.78 is 0. The topological polar surface area (TPSA) is 49.3 Å². The van der Waals surface area contributed by atoms with Gasteiger partial charge in [-0.1, -0.05) is 6.07 Å². The van der Waals surface area contributed by atoms with Gasteiger partial charge in [0.15, 0.2) is 5.96 Å². The lowest BCUT2D eigenvalue weighted by molar-refractivity contribution is 0.700. The van der Waals surface area contributed by atoms with E-state index in [0.29, 0.717) is 6.04 Å². The summed E-state index contributed by atoms with van der Waals surface area (Å²) in [5, 5.41) is 6.50. The Bertz CT molecular complexity index is 338. The van der Waals surface area contributed by atoms with Gasteiger partial charge in [-0.25, -0.2) is 0 Å². The Labute approximate surface area is 127 Å². The number of nitrogens with one attached hydrogen (secondary N) is 2. The van der Waals surface area contributed by atoms with Gasteiger partial charge in [-0.3, -0.25) is 9.98 Å². The van der Waals surface area contributed by atoms with Crippen molar-refractivity contribution in [2.75, 3.05) is 13.1 Å². The molecule has 1 heterocycles. The second kappa shape index (κ2) is 10.1. The molecule has 0 fully saturated rings. The molecule has 18 heavy (non-hydrogen) atoms. The third-order valence-electron chi connectivity index (χ3n) is 2.13. The number of pyridine rings is 1. The molecule has 0 bridgehead atoms. The Morgan fingerprint density at radius 1 is 1.39 bits per heavy atom. The molecular formula is C13H23IN4. The summed E-state index contributed by atoms with van der Waals surface area (Å²) in [6, 6.07) is 6.35. The van der Waals surface area contributed by atoms with Crippen LogP contribution in [-0.2, 0) is 6.42 Å². The van der Waals surface area contributed by atoms with Crippen molar-refractivity contribution in [3.05, 3.63) is 30.1 Å². The van der Waals surface area contributed by atoms with Crippen LogP contribution in [0, 0.1) is 0 Å². The highest BCUT2D eigenvalue weighted by molar-refractivity contribution is 14.0. The smallest absolute Gasteiger partial charge is 0.191 e. The van der Waals surface area contributed by atoms with Crippen LogP contribution in [0.5, 0.6) is 0 Å². The summed E-state index contributed by atoms with van der Waals surface area (Å²) in [6.07, 6.45) is 2.69. The number of hydrogen-bond donors (Lipinski definition) is 2. The van der Waals surface area contributed by atoms with Gasteiger partial charge in [0.2, 0.25) is 0 Å². The lowest BCUT2D eigenvalue weighted by atomic mass is 10.3. The number of aromatic nitrogens is 1. The van der Waals surface area contributed by atoms with Crippen molar-refractivity contribution in [1.82, 2.24) is 15.6 Å². The lowest BCUT2D eigenvalue weighted by Crippen LogP contribution is -2.41. The molecule has 4 nitrogen and oxygen atoms in total. The largest absolute Gasteiger partial charge is 0.357 e. The maximum absolute atomic E-state index is 4.50. The fourth-order valence-corrected chi connectivity index (χ4v) is 1.42. The maximum Gasteiger partial charge on any atom is 0.191 e. The highest BCUT2D eigenvalue weighted by Crippen LogP contribution is 1.94. The van der Waals surface area contributed by atoms with E-state index in [4.69, 9.17) is 0 Å². The average molecular weight is 362 g/mol. The Morgan fingerprint density at radius 3 is 2.72 bits per heavy atom. The minimum atomic E-state index is 0. The van der Waals surface area contributed by atoms with E-state index < -0.39 is 0 Å². The molecule has 0 aliphatic carbocycles. The fourth-order valence-electron chi connectivity index (χ4n) is 1.42. The third-order valence-corrected chi connectivity index (χ3v) is 2.13. The normalized spacial score (nSPS) is 11.0. The summed E-state index contributed by atoms with van der Waals surface area (Å²) in [6.45, 7) is 7.90. The molecule has 5 heteroatoms. The fraction of sp³-hybridized carbons (Fsp3) is 0.538. The average Bonchev–Trinajstić information content (AvgIpc) is 2.30. The molecule has 0 unspecified atom stereocenters. The van der Waals surface area contributed by atoms with E-state index in [-0.39, 0.29) is 24.0 Å². The number of rotatable bonds is 5. The number of nitrogens with zero attached hydrogens (tertiary/aromatic N) is 2. The Balaban J connectivity index is 0.00000289. The highest BCUT2D eigenvalue weighted by Gasteiger charge is 1.99. The quantitative estimate of drug-likeness (QED) is 0.480. The van der Waals surface area contributed by atoms with E-state index in [9.17, 15) is 0 Å². The first kappa shape index (κ1) is 17.2. The summed E-state index contributed by atoms with van der Waals surface area (Å²) in [7, 11) is 0. The Hall–Kier alpha value is -0.850. The molecule has 1 aromatic heterocycles. The SMILES string of the molecule is CCNC(=NCCc1ccccn1)NC(C)C.I. The minimum Gasteiger partial charge on any atom is -0.357 e. The van der Waals surface area contributed by atoms with E-state index in [1.807, 2.05) is 24.4 Å². The van der Waals surface area contributed by atoms with Crippen LogP contribution in [0.2, 0.25) is 0 Å². The van der Waals surface area contributed by atoms with Crippen LogP contribution in [-0.4, -0.2) is 30.1 Å². The summed E-state index contributed by atoms with van der Waals surface area (Å²) in [5.74, 6) is 0.874. The number of hydrogen-bond acceptors (Lipinski definition) is 2. The predicted molar refractivity (Wildman–Crippen MR) is 87.6 cm³/mol. The summed E-state index contributed by atoms with van der Waals surface area (Å²) in [4.78, 5) is 8.78. The zero-order valence-electron chi connectivity index (χ0n) is 11.3. The number of aliphatic imine (C=N–C) groups is 1. The third kappa shape index (κ3) is 7.47. The van der Waals surface area contributed by atoms with E-state index in [2.05, 4.69) is 41.4 Å². The number of guanidine groups is 1. The van der Waals surface area contributed by atoms with Gasteiger partial charge in [0.25, 0.3) is 0 Å². The standard InChI is InChI=1S/C13H22N4.HI/c1-4-14-13(17-11(2)3)16-10-8-12-7-5-6-9-15-12;/h5-7,9,11H,4,8,10H2,1-3H3,(H2,14,16,17);1H. The highest BCUT2D eigenvalue weighted by atomic mass is 127.